The van der Waals surface area contributed by atoms with Crippen molar-refractivity contribution in [2.45, 2.75) is 6.42 Å². The predicted octanol–water partition coefficient (Wildman–Crippen LogP) is 1.24. The number of methoxy groups -OCH3 is 1. The Labute approximate surface area is 101 Å². The summed E-state index contributed by atoms with van der Waals surface area (Å²) in [6.45, 7) is 1.56. The average molecular weight is 244 g/mol. The number of hydrogen-bond acceptors (Lipinski definition) is 4. The van der Waals surface area contributed by atoms with Crippen molar-refractivity contribution in [2.24, 2.45) is 5.84 Å². The lowest BCUT2D eigenvalue weighted by Gasteiger charge is -2.16. The molecule has 0 spiro atoms. The molecule has 0 radical (unpaired) electrons. The SMILES string of the molecule is COc1ccc(CCN(C)CNN)c(Cl)c1. The van der Waals surface area contributed by atoms with Crippen LogP contribution in [-0.2, 0) is 6.42 Å². The highest BCUT2D eigenvalue weighted by Gasteiger charge is 2.04. The van der Waals surface area contributed by atoms with Crippen molar-refractivity contribution in [3.63, 3.8) is 0 Å². The number of benzene rings is 1. The molecular formula is C11H18ClN3O. The van der Waals surface area contributed by atoms with E-state index >= 15 is 0 Å². The fourth-order valence-corrected chi connectivity index (χ4v) is 1.67. The van der Waals surface area contributed by atoms with Gasteiger partial charge in [0.25, 0.3) is 0 Å². The number of halogens is 1. The quantitative estimate of drug-likeness (QED) is 0.449. The molecule has 0 amide bonds. The molecule has 90 valence electrons. The van der Waals surface area contributed by atoms with Crippen molar-refractivity contribution >= 4 is 11.6 Å². The highest BCUT2D eigenvalue weighted by atomic mass is 35.5. The summed E-state index contributed by atoms with van der Waals surface area (Å²) in [5, 5.41) is 0.744. The molecule has 1 aromatic carbocycles. The fraction of sp³-hybridized carbons (Fsp3) is 0.455. The maximum Gasteiger partial charge on any atom is 0.120 e. The fourth-order valence-electron chi connectivity index (χ4n) is 1.40. The smallest absolute Gasteiger partial charge is 0.120 e. The molecule has 0 aliphatic rings. The van der Waals surface area contributed by atoms with Crippen LogP contribution in [0.15, 0.2) is 18.2 Å². The minimum absolute atomic E-state index is 0.660. The van der Waals surface area contributed by atoms with E-state index < -0.39 is 0 Å². The van der Waals surface area contributed by atoms with Gasteiger partial charge in [0, 0.05) is 11.6 Å². The second kappa shape index (κ2) is 6.70. The first-order valence-electron chi connectivity index (χ1n) is 5.11. The number of hydrogen-bond donors (Lipinski definition) is 2. The summed E-state index contributed by atoms with van der Waals surface area (Å²) in [7, 11) is 3.63. The van der Waals surface area contributed by atoms with Crippen LogP contribution in [0.2, 0.25) is 5.02 Å². The molecule has 3 N–H and O–H groups in total. The first kappa shape index (κ1) is 13.3. The molecule has 0 unspecified atom stereocenters. The zero-order valence-corrected chi connectivity index (χ0v) is 10.4. The van der Waals surface area contributed by atoms with Gasteiger partial charge < -0.3 is 4.74 Å². The maximum absolute atomic E-state index is 6.13. The molecule has 1 rings (SSSR count). The van der Waals surface area contributed by atoms with Gasteiger partial charge in [-0.25, -0.2) is 5.43 Å². The second-order valence-corrected chi connectivity index (χ2v) is 4.06. The van der Waals surface area contributed by atoms with E-state index in [0.717, 1.165) is 29.3 Å². The molecular weight excluding hydrogens is 226 g/mol. The van der Waals surface area contributed by atoms with Crippen molar-refractivity contribution in [1.29, 1.82) is 0 Å². The van der Waals surface area contributed by atoms with Gasteiger partial charge in [0.15, 0.2) is 0 Å². The number of nitrogens with one attached hydrogen (secondary N) is 1. The summed E-state index contributed by atoms with van der Waals surface area (Å²) < 4.78 is 5.09. The molecule has 16 heavy (non-hydrogen) atoms. The van der Waals surface area contributed by atoms with Crippen LogP contribution >= 0.6 is 11.6 Å². The Hall–Kier alpha value is -0.810. The molecule has 0 saturated heterocycles. The summed E-state index contributed by atoms with van der Waals surface area (Å²) >= 11 is 6.13. The van der Waals surface area contributed by atoms with Gasteiger partial charge in [-0.3, -0.25) is 10.7 Å². The minimum Gasteiger partial charge on any atom is -0.497 e. The molecule has 0 atom stereocenters. The predicted molar refractivity (Wildman–Crippen MR) is 66.5 cm³/mol. The zero-order valence-electron chi connectivity index (χ0n) is 9.66. The molecule has 0 bridgehead atoms. The number of hydrazine groups is 1. The minimum atomic E-state index is 0.660. The van der Waals surface area contributed by atoms with Crippen molar-refractivity contribution in [2.75, 3.05) is 27.4 Å². The van der Waals surface area contributed by atoms with E-state index in [0.29, 0.717) is 6.67 Å². The lowest BCUT2D eigenvalue weighted by molar-refractivity contribution is 0.313. The molecule has 0 saturated carbocycles. The van der Waals surface area contributed by atoms with Gasteiger partial charge in [0.2, 0.25) is 0 Å². The topological polar surface area (TPSA) is 50.5 Å². The lowest BCUT2D eigenvalue weighted by Crippen LogP contribution is -2.36. The Bertz CT molecular complexity index is 333. The average Bonchev–Trinajstić information content (AvgIpc) is 2.27. The first-order chi connectivity index (χ1) is 7.67. The summed E-state index contributed by atoms with van der Waals surface area (Å²) in [5.41, 5.74) is 3.73. The second-order valence-electron chi connectivity index (χ2n) is 3.65. The molecule has 1 aromatic rings. The van der Waals surface area contributed by atoms with Gasteiger partial charge in [-0.1, -0.05) is 17.7 Å². The zero-order chi connectivity index (χ0) is 12.0. The van der Waals surface area contributed by atoms with Crippen LogP contribution in [0.25, 0.3) is 0 Å². The van der Waals surface area contributed by atoms with E-state index in [1.165, 1.54) is 0 Å². The number of ether oxygens (including phenoxy) is 1. The van der Waals surface area contributed by atoms with Crippen molar-refractivity contribution in [3.8, 4) is 5.75 Å². The number of likely N-dealkylation sites (N-methyl/N-ethyl adjacent to an activating group) is 1. The Morgan fingerprint density at radius 1 is 1.50 bits per heavy atom. The first-order valence-corrected chi connectivity index (χ1v) is 5.49. The monoisotopic (exact) mass is 243 g/mol. The molecule has 0 heterocycles. The molecule has 0 aromatic heterocycles. The summed E-state index contributed by atoms with van der Waals surface area (Å²) in [6, 6.07) is 5.74. The molecule has 0 fully saturated rings. The standard InChI is InChI=1S/C11H18ClN3O/c1-15(8-14-13)6-5-9-3-4-10(16-2)7-11(9)12/h3-4,7,14H,5-6,8,13H2,1-2H3. The van der Waals surface area contributed by atoms with Crippen molar-refractivity contribution < 1.29 is 4.74 Å². The van der Waals surface area contributed by atoms with E-state index in [9.17, 15) is 0 Å². The third kappa shape index (κ3) is 3.98. The van der Waals surface area contributed by atoms with Crippen molar-refractivity contribution in [1.82, 2.24) is 10.3 Å². The Morgan fingerprint density at radius 2 is 2.25 bits per heavy atom. The number of rotatable bonds is 6. The third-order valence-corrected chi connectivity index (χ3v) is 2.74. The van der Waals surface area contributed by atoms with Gasteiger partial charge in [-0.05, 0) is 31.2 Å². The Morgan fingerprint density at radius 3 is 2.81 bits per heavy atom. The van der Waals surface area contributed by atoms with Gasteiger partial charge in [0.1, 0.15) is 5.75 Å². The van der Waals surface area contributed by atoms with E-state index in [-0.39, 0.29) is 0 Å². The van der Waals surface area contributed by atoms with Gasteiger partial charge >= 0.3 is 0 Å². The van der Waals surface area contributed by atoms with Crippen LogP contribution in [-0.4, -0.2) is 32.3 Å². The number of nitrogens with two attached hydrogens (primary N) is 1. The van der Waals surface area contributed by atoms with Crippen LogP contribution in [0.3, 0.4) is 0 Å². The van der Waals surface area contributed by atoms with E-state index in [2.05, 4.69) is 10.3 Å². The van der Waals surface area contributed by atoms with E-state index in [1.54, 1.807) is 7.11 Å². The largest absolute Gasteiger partial charge is 0.497 e. The molecule has 0 aliphatic heterocycles. The van der Waals surface area contributed by atoms with E-state index in [4.69, 9.17) is 22.2 Å². The summed E-state index contributed by atoms with van der Waals surface area (Å²) in [6.07, 6.45) is 0.890. The van der Waals surface area contributed by atoms with Crippen LogP contribution in [0.4, 0.5) is 0 Å². The number of nitrogens with zero attached hydrogens (tertiary/aromatic N) is 1. The molecule has 5 heteroatoms. The molecule has 0 aliphatic carbocycles. The van der Waals surface area contributed by atoms with Gasteiger partial charge in [0.05, 0.1) is 13.8 Å². The molecule has 4 nitrogen and oxygen atoms in total. The summed E-state index contributed by atoms with van der Waals surface area (Å²) in [5.74, 6) is 6.01. The van der Waals surface area contributed by atoms with Crippen LogP contribution in [0.5, 0.6) is 5.75 Å². The Kier molecular flexibility index (Phi) is 5.55. The van der Waals surface area contributed by atoms with Crippen LogP contribution in [0, 0.1) is 0 Å². The van der Waals surface area contributed by atoms with Gasteiger partial charge in [-0.2, -0.15) is 0 Å². The van der Waals surface area contributed by atoms with Gasteiger partial charge in [-0.15, -0.1) is 0 Å². The normalized spacial score (nSPS) is 10.8. The Balaban J connectivity index is 2.54. The summed E-state index contributed by atoms with van der Waals surface area (Å²) in [4.78, 5) is 2.08. The highest BCUT2D eigenvalue weighted by molar-refractivity contribution is 6.31. The van der Waals surface area contributed by atoms with E-state index in [1.807, 2.05) is 25.2 Å². The lowest BCUT2D eigenvalue weighted by atomic mass is 10.1. The van der Waals surface area contributed by atoms with Crippen LogP contribution in [0.1, 0.15) is 5.56 Å². The van der Waals surface area contributed by atoms with Crippen molar-refractivity contribution in [3.05, 3.63) is 28.8 Å². The maximum atomic E-state index is 6.13. The third-order valence-electron chi connectivity index (χ3n) is 2.38. The highest BCUT2D eigenvalue weighted by Crippen LogP contribution is 2.22. The van der Waals surface area contributed by atoms with Crippen LogP contribution < -0.4 is 16.0 Å².